The number of nitrogens with two attached hydrogens (primary N) is 1. The lowest BCUT2D eigenvalue weighted by molar-refractivity contribution is -0.779. The molecule has 0 atom stereocenters. The van der Waals surface area contributed by atoms with Crippen molar-refractivity contribution in [2.45, 2.75) is 26.8 Å². The van der Waals surface area contributed by atoms with Crippen LogP contribution in [-0.4, -0.2) is 16.2 Å². The van der Waals surface area contributed by atoms with Crippen LogP contribution in [0.2, 0.25) is 0 Å². The highest BCUT2D eigenvalue weighted by Gasteiger charge is 2.22. The van der Waals surface area contributed by atoms with Crippen LogP contribution < -0.4 is 15.7 Å². The van der Waals surface area contributed by atoms with Crippen LogP contribution in [0.5, 0.6) is 0 Å². The number of nitrogens with one attached hydrogen (secondary N) is 1. The van der Waals surface area contributed by atoms with E-state index in [1.807, 2.05) is 57.2 Å². The van der Waals surface area contributed by atoms with E-state index in [0.29, 0.717) is 10.6 Å². The number of carbonyl (C=O) groups excluding carboxylic acids is 1. The molecule has 0 aliphatic heterocycles. The third-order valence-corrected chi connectivity index (χ3v) is 5.51. The number of aryl methyl sites for hydroxylation is 1. The second kappa shape index (κ2) is 7.05. The van der Waals surface area contributed by atoms with Crippen molar-refractivity contribution in [2.75, 3.05) is 11.1 Å². The smallest absolute Gasteiger partial charge is 0.302 e. The van der Waals surface area contributed by atoms with Crippen LogP contribution in [-0.2, 0) is 0 Å². The number of nitrogens with zero attached hydrogens (tertiary/aromatic N) is 3. The maximum absolute atomic E-state index is 12.7. The topological polar surface area (TPSA) is 97.9 Å². The first-order chi connectivity index (χ1) is 13.4. The van der Waals surface area contributed by atoms with E-state index in [0.717, 1.165) is 21.5 Å². The van der Waals surface area contributed by atoms with E-state index < -0.39 is 0 Å². The normalized spacial score (nSPS) is 11.3. The zero-order valence-electron chi connectivity index (χ0n) is 15.8. The van der Waals surface area contributed by atoms with Crippen LogP contribution >= 0.6 is 11.3 Å². The van der Waals surface area contributed by atoms with Gasteiger partial charge in [-0.1, -0.05) is 29.8 Å². The molecule has 0 fully saturated rings. The molecule has 4 aromatic rings. The molecule has 0 aliphatic rings. The molecule has 3 heterocycles. The molecule has 142 valence electrons. The second-order valence-electron chi connectivity index (χ2n) is 6.85. The molecule has 3 N–H and O–H groups in total. The van der Waals surface area contributed by atoms with Crippen molar-refractivity contribution >= 4 is 39.0 Å². The summed E-state index contributed by atoms with van der Waals surface area (Å²) in [5.74, 6) is -0.0756. The van der Waals surface area contributed by atoms with Gasteiger partial charge in [-0.3, -0.25) is 14.6 Å². The molecule has 4 rings (SSSR count). The Balaban J connectivity index is 1.64. The standard InChI is InChI=1S/C20H19N5O2S/c1-11(2)25-10-16(27-24-25)23-19(26)18-17(21)14-8-9-15(22-20(14)28-18)13-6-4-12(3)5-7-13/h4-11H,1-3H3,(H2-,21,23,24,26)/p+1. The summed E-state index contributed by atoms with van der Waals surface area (Å²) in [6, 6.07) is 12.1. The number of pyridine rings is 1. The van der Waals surface area contributed by atoms with E-state index in [9.17, 15) is 4.79 Å². The van der Waals surface area contributed by atoms with Crippen LogP contribution in [0.4, 0.5) is 11.6 Å². The minimum absolute atomic E-state index is 0.133. The van der Waals surface area contributed by atoms with Gasteiger partial charge in [-0.15, -0.1) is 11.3 Å². The average Bonchev–Trinajstić information content (AvgIpc) is 3.27. The van der Waals surface area contributed by atoms with E-state index in [1.54, 1.807) is 10.9 Å². The largest absolute Gasteiger partial charge is 0.397 e. The van der Waals surface area contributed by atoms with Crippen LogP contribution in [0.25, 0.3) is 21.5 Å². The summed E-state index contributed by atoms with van der Waals surface area (Å²) < 4.78 is 6.77. The number of carbonyl (C=O) groups is 1. The van der Waals surface area contributed by atoms with Crippen molar-refractivity contribution in [3.63, 3.8) is 0 Å². The van der Waals surface area contributed by atoms with Crippen molar-refractivity contribution in [3.05, 3.63) is 53.0 Å². The Morgan fingerprint density at radius 3 is 2.64 bits per heavy atom. The number of hydrogen-bond acceptors (Lipinski definition) is 6. The fourth-order valence-electron chi connectivity index (χ4n) is 2.78. The highest BCUT2D eigenvalue weighted by Crippen LogP contribution is 2.34. The van der Waals surface area contributed by atoms with Crippen molar-refractivity contribution in [2.24, 2.45) is 0 Å². The van der Waals surface area contributed by atoms with Gasteiger partial charge in [0, 0.05) is 10.9 Å². The molecule has 0 bridgehead atoms. The highest BCUT2D eigenvalue weighted by atomic mass is 32.1. The zero-order valence-corrected chi connectivity index (χ0v) is 16.6. The number of rotatable bonds is 4. The first kappa shape index (κ1) is 18.1. The molecule has 0 radical (unpaired) electrons. The van der Waals surface area contributed by atoms with Crippen molar-refractivity contribution in [3.8, 4) is 11.3 Å². The highest BCUT2D eigenvalue weighted by molar-refractivity contribution is 7.21. The zero-order chi connectivity index (χ0) is 19.8. The third-order valence-electron chi connectivity index (χ3n) is 4.40. The molecule has 0 spiro atoms. The summed E-state index contributed by atoms with van der Waals surface area (Å²) in [5, 5.41) is 7.33. The van der Waals surface area contributed by atoms with Gasteiger partial charge >= 0.3 is 5.88 Å². The van der Waals surface area contributed by atoms with Gasteiger partial charge in [0.05, 0.1) is 11.4 Å². The van der Waals surface area contributed by atoms with Crippen LogP contribution in [0.15, 0.2) is 47.1 Å². The van der Waals surface area contributed by atoms with Crippen molar-refractivity contribution in [1.29, 1.82) is 0 Å². The number of benzene rings is 1. The first-order valence-electron chi connectivity index (χ1n) is 8.88. The van der Waals surface area contributed by atoms with Gasteiger partial charge in [0.15, 0.2) is 6.04 Å². The quantitative estimate of drug-likeness (QED) is 0.511. The maximum atomic E-state index is 12.7. The summed E-state index contributed by atoms with van der Waals surface area (Å²) in [5.41, 5.74) is 9.68. The summed E-state index contributed by atoms with van der Waals surface area (Å²) in [6.45, 7) is 5.98. The Morgan fingerprint density at radius 1 is 1.21 bits per heavy atom. The van der Waals surface area contributed by atoms with Gasteiger partial charge in [-0.25, -0.2) is 4.98 Å². The van der Waals surface area contributed by atoms with Gasteiger partial charge in [0.2, 0.25) is 5.27 Å². The molecule has 0 saturated heterocycles. The Kier molecular flexibility index (Phi) is 4.56. The fraction of sp³-hybridized carbons (Fsp3) is 0.200. The summed E-state index contributed by atoms with van der Waals surface area (Å²) in [7, 11) is 0. The van der Waals surface area contributed by atoms with Crippen LogP contribution in [0.3, 0.4) is 0 Å². The molecule has 1 aromatic carbocycles. The Bertz CT molecular complexity index is 1160. The van der Waals surface area contributed by atoms with Crippen LogP contribution in [0.1, 0.15) is 35.1 Å². The average molecular weight is 394 g/mol. The molecule has 0 aliphatic carbocycles. The monoisotopic (exact) mass is 394 g/mol. The van der Waals surface area contributed by atoms with Crippen molar-refractivity contribution in [1.82, 2.24) is 10.3 Å². The number of amides is 1. The molecule has 1 amide bonds. The van der Waals surface area contributed by atoms with E-state index in [-0.39, 0.29) is 17.8 Å². The van der Waals surface area contributed by atoms with Gasteiger partial charge in [0.25, 0.3) is 12.1 Å². The summed E-state index contributed by atoms with van der Waals surface area (Å²) >= 11 is 1.26. The van der Waals surface area contributed by atoms with Gasteiger partial charge in [0.1, 0.15) is 9.71 Å². The number of fused-ring (bicyclic) bond motifs is 1. The molecule has 7 nitrogen and oxygen atoms in total. The Hall–Kier alpha value is -3.26. The predicted molar refractivity (Wildman–Crippen MR) is 109 cm³/mol. The number of anilines is 2. The van der Waals surface area contributed by atoms with Crippen LogP contribution in [0, 0.1) is 6.92 Å². The Labute approximate surface area is 165 Å². The van der Waals surface area contributed by atoms with Gasteiger partial charge in [-0.05, 0) is 37.6 Å². The lowest BCUT2D eigenvalue weighted by atomic mass is 10.1. The van der Waals surface area contributed by atoms with Crippen molar-refractivity contribution < 1.29 is 14.0 Å². The number of nitrogen functional groups attached to an aromatic ring is 1. The van der Waals surface area contributed by atoms with Gasteiger partial charge < -0.3 is 5.73 Å². The minimum Gasteiger partial charge on any atom is -0.397 e. The Morgan fingerprint density at radius 2 is 1.96 bits per heavy atom. The second-order valence-corrected chi connectivity index (χ2v) is 7.85. The van der Waals surface area contributed by atoms with E-state index in [2.05, 4.69) is 10.6 Å². The predicted octanol–water partition coefficient (Wildman–Crippen LogP) is 3.96. The lowest BCUT2D eigenvalue weighted by Crippen LogP contribution is -2.36. The molecule has 0 saturated carbocycles. The molecule has 3 aromatic heterocycles. The molecule has 0 unspecified atom stereocenters. The number of aromatic nitrogens is 3. The summed E-state index contributed by atoms with van der Waals surface area (Å²) in [4.78, 5) is 18.5. The number of hydrogen-bond donors (Lipinski definition) is 2. The molecule has 28 heavy (non-hydrogen) atoms. The minimum atomic E-state index is -0.343. The summed E-state index contributed by atoms with van der Waals surface area (Å²) in [6.07, 6.45) is 1.64. The first-order valence-corrected chi connectivity index (χ1v) is 9.69. The third kappa shape index (κ3) is 3.34. The van der Waals surface area contributed by atoms with E-state index in [4.69, 9.17) is 15.2 Å². The maximum Gasteiger partial charge on any atom is 0.302 e. The SMILES string of the molecule is Cc1ccc(-c2ccc3c(N)c(C(=O)Nc4c[n+](C(C)C)no4)sc3n2)cc1. The lowest BCUT2D eigenvalue weighted by Gasteiger charge is -2.01. The number of thiophene rings is 1. The van der Waals surface area contributed by atoms with Gasteiger partial charge in [-0.2, -0.15) is 0 Å². The molecular formula is C20H20N5O2S+. The molecule has 8 heteroatoms. The van der Waals surface area contributed by atoms with E-state index >= 15 is 0 Å². The van der Waals surface area contributed by atoms with E-state index in [1.165, 1.54) is 16.9 Å². The molecular weight excluding hydrogens is 374 g/mol. The fourth-order valence-corrected chi connectivity index (χ4v) is 3.77.